The molecule has 4 heteroatoms. The number of nitriles is 1. The third-order valence-electron chi connectivity index (χ3n) is 2.57. The van der Waals surface area contributed by atoms with Crippen molar-refractivity contribution < 1.29 is 4.79 Å². The van der Waals surface area contributed by atoms with Crippen LogP contribution in [0.2, 0.25) is 0 Å². The van der Waals surface area contributed by atoms with Crippen LogP contribution in [0.1, 0.15) is 25.7 Å². The summed E-state index contributed by atoms with van der Waals surface area (Å²) in [5.41, 5.74) is 1.03. The molecule has 0 radical (unpaired) electrons. The van der Waals surface area contributed by atoms with Crippen LogP contribution in [0.15, 0.2) is 5.10 Å². The summed E-state index contributed by atoms with van der Waals surface area (Å²) in [5, 5.41) is 14.1. The summed E-state index contributed by atoms with van der Waals surface area (Å²) in [6.45, 7) is 0.454. The summed E-state index contributed by atoms with van der Waals surface area (Å²) in [6.07, 6.45) is 3.36. The van der Waals surface area contributed by atoms with E-state index in [1.165, 1.54) is 5.01 Å². The molecule has 0 aromatic rings. The molecule has 0 spiro atoms. The van der Waals surface area contributed by atoms with Gasteiger partial charge in [-0.15, -0.1) is 0 Å². The Hall–Kier alpha value is -1.37. The number of amides is 1. The van der Waals surface area contributed by atoms with Crippen LogP contribution in [0.25, 0.3) is 0 Å². The van der Waals surface area contributed by atoms with E-state index in [4.69, 9.17) is 5.26 Å². The van der Waals surface area contributed by atoms with Gasteiger partial charge in [0.05, 0.1) is 30.7 Å². The van der Waals surface area contributed by atoms with Crippen LogP contribution in [0, 0.1) is 17.2 Å². The van der Waals surface area contributed by atoms with Crippen molar-refractivity contribution in [2.75, 3.05) is 6.54 Å². The predicted octanol–water partition coefficient (Wildman–Crippen LogP) is 0.898. The van der Waals surface area contributed by atoms with Crippen LogP contribution in [-0.2, 0) is 4.79 Å². The normalized spacial score (nSPS) is 25.8. The second kappa shape index (κ2) is 3.17. The van der Waals surface area contributed by atoms with E-state index >= 15 is 0 Å². The van der Waals surface area contributed by atoms with Crippen molar-refractivity contribution in [1.29, 1.82) is 5.26 Å². The summed E-state index contributed by atoms with van der Waals surface area (Å²) >= 11 is 0. The van der Waals surface area contributed by atoms with Crippen LogP contribution in [-0.4, -0.2) is 23.2 Å². The van der Waals surface area contributed by atoms with Gasteiger partial charge in [0.25, 0.3) is 5.91 Å². The minimum absolute atomic E-state index is 0.0543. The smallest absolute Gasteiger partial charge is 0.251 e. The minimum atomic E-state index is 0.0543. The molecule has 13 heavy (non-hydrogen) atoms. The first kappa shape index (κ1) is 8.24. The van der Waals surface area contributed by atoms with E-state index in [0.717, 1.165) is 25.0 Å². The van der Waals surface area contributed by atoms with Crippen LogP contribution in [0.4, 0.5) is 0 Å². The Morgan fingerprint density at radius 2 is 2.54 bits per heavy atom. The maximum absolute atomic E-state index is 11.6. The lowest BCUT2D eigenvalue weighted by molar-refractivity contribution is -0.131. The highest BCUT2D eigenvalue weighted by molar-refractivity contribution is 6.09. The Balaban J connectivity index is 2.05. The molecule has 0 bridgehead atoms. The molecule has 0 aromatic heterocycles. The Kier molecular flexibility index (Phi) is 2.01. The number of carbonyl (C=O) groups excluding carboxylic acids is 1. The van der Waals surface area contributed by atoms with Crippen molar-refractivity contribution in [3.8, 4) is 6.07 Å². The van der Waals surface area contributed by atoms with Gasteiger partial charge in [-0.05, 0) is 19.3 Å². The monoisotopic (exact) mass is 177 g/mol. The van der Waals surface area contributed by atoms with E-state index in [1.807, 2.05) is 6.07 Å². The molecule has 1 fully saturated rings. The minimum Gasteiger partial charge on any atom is -0.272 e. The predicted molar refractivity (Wildman–Crippen MR) is 46.7 cm³/mol. The zero-order chi connectivity index (χ0) is 9.26. The Morgan fingerprint density at radius 1 is 1.69 bits per heavy atom. The highest BCUT2D eigenvalue weighted by Gasteiger charge is 2.38. The van der Waals surface area contributed by atoms with Gasteiger partial charge in [-0.25, -0.2) is 5.01 Å². The average Bonchev–Trinajstić information content (AvgIpc) is 2.67. The fraction of sp³-hybridized carbons (Fsp3) is 0.667. The Morgan fingerprint density at radius 3 is 3.23 bits per heavy atom. The van der Waals surface area contributed by atoms with Gasteiger partial charge in [-0.2, -0.15) is 10.4 Å². The molecule has 0 aromatic carbocycles. The number of rotatable bonds is 2. The molecule has 1 saturated carbocycles. The van der Waals surface area contributed by atoms with Crippen LogP contribution < -0.4 is 0 Å². The Bertz CT molecular complexity index is 302. The van der Waals surface area contributed by atoms with E-state index in [1.54, 1.807) is 0 Å². The summed E-state index contributed by atoms with van der Waals surface area (Å²) in [6, 6.07) is 2.02. The molecule has 4 nitrogen and oxygen atoms in total. The van der Waals surface area contributed by atoms with Crippen molar-refractivity contribution in [2.45, 2.75) is 25.7 Å². The first-order chi connectivity index (χ1) is 6.33. The number of carbonyl (C=O) groups is 1. The quantitative estimate of drug-likeness (QED) is 0.629. The average molecular weight is 177 g/mol. The van der Waals surface area contributed by atoms with Gasteiger partial charge in [-0.1, -0.05) is 0 Å². The largest absolute Gasteiger partial charge is 0.272 e. The lowest BCUT2D eigenvalue weighted by atomic mass is 10.1. The molecule has 2 rings (SSSR count). The first-order valence-electron chi connectivity index (χ1n) is 4.58. The topological polar surface area (TPSA) is 56.5 Å². The van der Waals surface area contributed by atoms with Gasteiger partial charge in [-0.3, -0.25) is 4.79 Å². The Labute approximate surface area is 76.8 Å². The zero-order valence-corrected chi connectivity index (χ0v) is 7.36. The van der Waals surface area contributed by atoms with Gasteiger partial charge < -0.3 is 0 Å². The van der Waals surface area contributed by atoms with Crippen molar-refractivity contribution >= 4 is 11.6 Å². The molecular weight excluding hydrogens is 166 g/mol. The maximum Gasteiger partial charge on any atom is 0.251 e. The van der Waals surface area contributed by atoms with E-state index in [2.05, 4.69) is 5.10 Å². The van der Waals surface area contributed by atoms with Gasteiger partial charge in [0, 0.05) is 0 Å². The van der Waals surface area contributed by atoms with Crippen molar-refractivity contribution in [3.63, 3.8) is 0 Å². The summed E-state index contributed by atoms with van der Waals surface area (Å²) < 4.78 is 0. The SMILES string of the molecule is N#CCCN1N=C2CCCC2C1=O. The third kappa shape index (κ3) is 1.31. The van der Waals surface area contributed by atoms with E-state index in [-0.39, 0.29) is 11.8 Å². The fourth-order valence-electron chi connectivity index (χ4n) is 1.91. The lowest BCUT2D eigenvalue weighted by Gasteiger charge is -2.10. The summed E-state index contributed by atoms with van der Waals surface area (Å²) in [5.74, 6) is 0.154. The highest BCUT2D eigenvalue weighted by Crippen LogP contribution is 2.29. The second-order valence-electron chi connectivity index (χ2n) is 3.41. The number of nitrogens with zero attached hydrogens (tertiary/aromatic N) is 3. The van der Waals surface area contributed by atoms with E-state index < -0.39 is 0 Å². The van der Waals surface area contributed by atoms with Gasteiger partial charge in [0.1, 0.15) is 0 Å². The lowest BCUT2D eigenvalue weighted by Crippen LogP contribution is -2.26. The van der Waals surface area contributed by atoms with Crippen LogP contribution in [0.3, 0.4) is 0 Å². The molecule has 1 unspecified atom stereocenters. The van der Waals surface area contributed by atoms with Gasteiger partial charge in [0.15, 0.2) is 0 Å². The molecule has 1 aliphatic carbocycles. The van der Waals surface area contributed by atoms with Gasteiger partial charge in [0.2, 0.25) is 0 Å². The standard InChI is InChI=1S/C9H11N3O/c10-5-2-6-12-9(13)7-3-1-4-8(7)11-12/h7H,1-4,6H2. The van der Waals surface area contributed by atoms with E-state index in [9.17, 15) is 4.79 Å². The summed E-state index contributed by atoms with van der Waals surface area (Å²) in [7, 11) is 0. The van der Waals surface area contributed by atoms with Crippen molar-refractivity contribution in [1.82, 2.24) is 5.01 Å². The zero-order valence-electron chi connectivity index (χ0n) is 7.36. The second-order valence-corrected chi connectivity index (χ2v) is 3.41. The first-order valence-corrected chi connectivity index (χ1v) is 4.58. The van der Waals surface area contributed by atoms with E-state index in [0.29, 0.717) is 13.0 Å². The van der Waals surface area contributed by atoms with Crippen molar-refractivity contribution in [3.05, 3.63) is 0 Å². The third-order valence-corrected chi connectivity index (χ3v) is 2.57. The maximum atomic E-state index is 11.6. The summed E-state index contributed by atoms with van der Waals surface area (Å²) in [4.78, 5) is 11.6. The fourth-order valence-corrected chi connectivity index (χ4v) is 1.91. The molecule has 1 heterocycles. The molecule has 68 valence electrons. The van der Waals surface area contributed by atoms with Gasteiger partial charge >= 0.3 is 0 Å². The highest BCUT2D eigenvalue weighted by atomic mass is 16.2. The molecule has 0 saturated heterocycles. The molecule has 0 N–H and O–H groups in total. The molecule has 2 aliphatic rings. The van der Waals surface area contributed by atoms with Crippen LogP contribution in [0.5, 0.6) is 0 Å². The van der Waals surface area contributed by atoms with Crippen LogP contribution >= 0.6 is 0 Å². The number of hydrogen-bond donors (Lipinski definition) is 0. The van der Waals surface area contributed by atoms with Crippen molar-refractivity contribution in [2.24, 2.45) is 11.0 Å². The number of fused-ring (bicyclic) bond motifs is 1. The molecular formula is C9H11N3O. The number of hydrazone groups is 1. The molecule has 1 atom stereocenters. The molecule has 1 amide bonds. The number of hydrogen-bond acceptors (Lipinski definition) is 3. The molecule has 1 aliphatic heterocycles.